The summed E-state index contributed by atoms with van der Waals surface area (Å²) in [5, 5.41) is 50.6. The largest absolute Gasteiger partial charge is 0.508 e. The van der Waals surface area contributed by atoms with E-state index in [2.05, 4.69) is 72.4 Å². The molecule has 0 spiro atoms. The van der Waals surface area contributed by atoms with Crippen molar-refractivity contribution in [1.82, 2.24) is 72.4 Å². The molecule has 0 unspecified atom stereocenters. The van der Waals surface area contributed by atoms with Crippen molar-refractivity contribution in [3.05, 3.63) is 84.5 Å². The highest BCUT2D eigenvalue weighted by molar-refractivity contribution is 5.99. The molecule has 0 aliphatic rings. The van der Waals surface area contributed by atoms with Crippen LogP contribution in [0.4, 0.5) is 0 Å². The summed E-state index contributed by atoms with van der Waals surface area (Å²) in [4.78, 5) is 157. The van der Waals surface area contributed by atoms with Crippen LogP contribution in [0.15, 0.2) is 61.8 Å². The molecule has 18 N–H and O–H groups in total. The maximum absolute atomic E-state index is 14.5. The molecule has 0 aliphatic carbocycles. The predicted octanol–water partition coefficient (Wildman–Crippen LogP) is -2.48. The summed E-state index contributed by atoms with van der Waals surface area (Å²) in [6.07, 6.45) is 5.35. The fourth-order valence-electron chi connectivity index (χ4n) is 8.49. The van der Waals surface area contributed by atoms with Gasteiger partial charge < -0.3 is 84.3 Å². The van der Waals surface area contributed by atoms with Gasteiger partial charge in [0, 0.05) is 54.9 Å². The smallest absolute Gasteiger partial charge is 0.326 e. The second-order valence-corrected chi connectivity index (χ2v) is 21.1. The number of phenols is 1. The van der Waals surface area contributed by atoms with Crippen LogP contribution in [0.5, 0.6) is 5.75 Å². The van der Waals surface area contributed by atoms with Crippen LogP contribution in [0, 0.1) is 17.8 Å². The number of carbonyl (C=O) groups is 10. The summed E-state index contributed by atoms with van der Waals surface area (Å²) in [5.41, 5.74) is 13.5. The molecule has 82 heavy (non-hydrogen) atoms. The number of aliphatic hydroxyl groups is 1. The van der Waals surface area contributed by atoms with Gasteiger partial charge in [0.15, 0.2) is 0 Å². The monoisotopic (exact) mass is 1150 g/mol. The number of carboxylic acid groups (broad SMARTS) is 1. The lowest BCUT2D eigenvalue weighted by atomic mass is 9.96. The minimum absolute atomic E-state index is 0.0329. The van der Waals surface area contributed by atoms with E-state index in [1.165, 1.54) is 49.7 Å². The van der Waals surface area contributed by atoms with Crippen molar-refractivity contribution in [3.63, 3.8) is 0 Å². The van der Waals surface area contributed by atoms with Gasteiger partial charge in [-0.2, -0.15) is 0 Å². The summed E-state index contributed by atoms with van der Waals surface area (Å²) in [6, 6.07) is -7.01. The third-order valence-corrected chi connectivity index (χ3v) is 13.1. The van der Waals surface area contributed by atoms with Crippen LogP contribution >= 0.6 is 0 Å². The van der Waals surface area contributed by atoms with Crippen molar-refractivity contribution < 1.29 is 63.3 Å². The van der Waals surface area contributed by atoms with Gasteiger partial charge in [0.1, 0.15) is 54.1 Å². The molecule has 0 bridgehead atoms. The Kier molecular flexibility index (Phi) is 25.6. The van der Waals surface area contributed by atoms with Gasteiger partial charge in [0.05, 0.1) is 37.5 Å². The third-order valence-electron chi connectivity index (χ3n) is 13.1. The molecule has 0 fully saturated rings. The van der Waals surface area contributed by atoms with Crippen molar-refractivity contribution in [2.24, 2.45) is 29.2 Å². The molecule has 9 amide bonds. The summed E-state index contributed by atoms with van der Waals surface area (Å²) < 4.78 is 0. The summed E-state index contributed by atoms with van der Waals surface area (Å²) in [6.45, 7) is 11.8. The number of nitrogens with zero attached hydrogens (tertiary/aromatic N) is 3. The van der Waals surface area contributed by atoms with Crippen LogP contribution < -0.4 is 54.0 Å². The van der Waals surface area contributed by atoms with E-state index < -0.39 is 132 Å². The van der Waals surface area contributed by atoms with Crippen molar-refractivity contribution in [1.29, 1.82) is 0 Å². The quantitative estimate of drug-likeness (QED) is 0.0230. The lowest BCUT2D eigenvalue weighted by Gasteiger charge is -2.30. The zero-order chi connectivity index (χ0) is 60.8. The lowest BCUT2D eigenvalue weighted by molar-refractivity contribution is -0.143. The molecule has 29 nitrogen and oxygen atoms in total. The van der Waals surface area contributed by atoms with Gasteiger partial charge in [-0.1, -0.05) is 60.1 Å². The molecule has 0 aliphatic heterocycles. The third kappa shape index (κ3) is 21.4. The zero-order valence-electron chi connectivity index (χ0n) is 46.9. The number of carboxylic acids is 1. The maximum atomic E-state index is 14.5. The molecule has 3 heterocycles. The highest BCUT2D eigenvalue weighted by Gasteiger charge is 2.38. The molecule has 11 atom stereocenters. The Morgan fingerprint density at radius 3 is 1.29 bits per heavy atom. The van der Waals surface area contributed by atoms with Crippen molar-refractivity contribution in [2.45, 2.75) is 160 Å². The highest BCUT2D eigenvalue weighted by Crippen LogP contribution is 2.15. The number of nitrogens with two attached hydrogens (primary N) is 2. The van der Waals surface area contributed by atoms with Crippen LogP contribution in [0.25, 0.3) is 0 Å². The Bertz CT molecular complexity index is 2740. The first kappa shape index (κ1) is 65.8. The standard InChI is InChI=1S/C53H78N16O13/c1-8-28(6)43(68-49(77)36(13-26(2)3)62-45(73)35(54)15-30-9-11-34(71)12-10-30)51(79)65-38(17-32-21-57-24-60-32)47(75)63-37(16-31-20-56-23-59-31)46(74)64-40(19-42(55)72)50(78)69-44(29(7)70)52(80)66-39(18-33-22-58-25-61-33)48(76)67-41(53(81)82)14-27(4)5/h9-12,20-29,35-41,43-44,70-71H,8,13-19,54H2,1-7H3,(H2,55,72)(H,56,59)(H,57,60)(H,58,61)(H,62,73)(H,63,75)(H,64,74)(H,65,79)(H,66,80)(H,67,76)(H,68,77)(H,69,78)(H,81,82)/t28-,29+,35-,36-,37-,38-,39-,40-,41-,43-,44-/m0/s1. The predicted molar refractivity (Wildman–Crippen MR) is 294 cm³/mol. The molecule has 3 aromatic heterocycles. The average molecular weight is 1150 g/mol. The van der Waals surface area contributed by atoms with Crippen molar-refractivity contribution in [3.8, 4) is 5.75 Å². The normalized spacial score (nSPS) is 15.4. The second kappa shape index (κ2) is 31.9. The summed E-state index contributed by atoms with van der Waals surface area (Å²) in [5.74, 6) is -10.6. The number of aromatic hydroxyl groups is 1. The van der Waals surface area contributed by atoms with Crippen LogP contribution in [0.1, 0.15) is 96.8 Å². The van der Waals surface area contributed by atoms with Crippen LogP contribution in [0.3, 0.4) is 0 Å². The van der Waals surface area contributed by atoms with E-state index in [1.807, 2.05) is 13.8 Å². The molecular weight excluding hydrogens is 1070 g/mol. The van der Waals surface area contributed by atoms with Gasteiger partial charge in [0.2, 0.25) is 53.2 Å². The SMILES string of the molecule is CC[C@H](C)[C@H](NC(=O)[C@H](CC(C)C)NC(=O)[C@@H](N)Cc1ccc(O)cc1)C(=O)N[C@@H](Cc1cnc[nH]1)C(=O)N[C@@H](Cc1cnc[nH]1)C(=O)N[C@@H](CC(N)=O)C(=O)N[C@H](C(=O)N[C@@H](Cc1cnc[nH]1)C(=O)N[C@@H](CC(C)C)C(=O)O)[C@@H](C)O. The van der Waals surface area contributed by atoms with Crippen LogP contribution in [0.2, 0.25) is 0 Å². The van der Waals surface area contributed by atoms with Gasteiger partial charge in [-0.15, -0.1) is 0 Å². The Morgan fingerprint density at radius 2 is 0.890 bits per heavy atom. The average Bonchev–Trinajstić information content (AvgIpc) is 4.31. The number of aromatic amines is 3. The minimum Gasteiger partial charge on any atom is -0.508 e. The van der Waals surface area contributed by atoms with Crippen LogP contribution in [-0.4, -0.2) is 165 Å². The maximum Gasteiger partial charge on any atom is 0.326 e. The van der Waals surface area contributed by atoms with Gasteiger partial charge in [-0.05, 0) is 61.6 Å². The number of nitrogens with one attached hydrogen (secondary N) is 11. The number of phenolic OH excluding ortho intramolecular Hbond substituents is 1. The van der Waals surface area contributed by atoms with E-state index >= 15 is 0 Å². The van der Waals surface area contributed by atoms with E-state index in [4.69, 9.17) is 11.5 Å². The molecule has 4 aromatic rings. The van der Waals surface area contributed by atoms with E-state index in [0.29, 0.717) is 29.1 Å². The number of hydrogen-bond acceptors (Lipinski definition) is 16. The molecule has 0 saturated carbocycles. The fourth-order valence-corrected chi connectivity index (χ4v) is 8.49. The molecule has 448 valence electrons. The topological polar surface area (TPSA) is 466 Å². The van der Waals surface area contributed by atoms with E-state index in [1.54, 1.807) is 39.8 Å². The first-order valence-corrected chi connectivity index (χ1v) is 26.8. The number of H-pyrrole nitrogens is 3. The zero-order valence-corrected chi connectivity index (χ0v) is 46.9. The van der Waals surface area contributed by atoms with E-state index in [0.717, 1.165) is 6.92 Å². The Hall–Kier alpha value is -8.73. The highest BCUT2D eigenvalue weighted by atomic mass is 16.4. The lowest BCUT2D eigenvalue weighted by Crippen LogP contribution is -2.62. The van der Waals surface area contributed by atoms with Crippen molar-refractivity contribution >= 4 is 59.1 Å². The van der Waals surface area contributed by atoms with Crippen molar-refractivity contribution in [2.75, 3.05) is 0 Å². The summed E-state index contributed by atoms with van der Waals surface area (Å²) in [7, 11) is 0. The molecule has 4 rings (SSSR count). The summed E-state index contributed by atoms with van der Waals surface area (Å²) >= 11 is 0. The Balaban J connectivity index is 1.58. The molecule has 29 heteroatoms. The van der Waals surface area contributed by atoms with E-state index in [-0.39, 0.29) is 56.1 Å². The number of carbonyl (C=O) groups excluding carboxylic acids is 9. The first-order chi connectivity index (χ1) is 38.7. The minimum atomic E-state index is -1.86. The number of benzene rings is 1. The number of hydrogen-bond donors (Lipinski definition) is 16. The van der Waals surface area contributed by atoms with E-state index in [9.17, 15) is 63.3 Å². The molecular formula is C53H78N16O13. The Morgan fingerprint density at radius 1 is 0.512 bits per heavy atom. The number of amides is 9. The van der Waals surface area contributed by atoms with Gasteiger partial charge >= 0.3 is 5.97 Å². The fraction of sp³-hybridized carbons (Fsp3) is 0.528. The first-order valence-electron chi connectivity index (χ1n) is 26.8. The van der Waals surface area contributed by atoms with Gasteiger partial charge in [-0.25, -0.2) is 19.7 Å². The number of rotatable bonds is 34. The molecule has 1 aromatic carbocycles. The van der Waals surface area contributed by atoms with Crippen LogP contribution in [-0.2, 0) is 73.6 Å². The number of aromatic nitrogens is 6. The second-order valence-electron chi connectivity index (χ2n) is 21.1. The van der Waals surface area contributed by atoms with Gasteiger partial charge in [0.25, 0.3) is 0 Å². The van der Waals surface area contributed by atoms with Gasteiger partial charge in [-0.3, -0.25) is 43.2 Å². The number of primary amides is 1. The Labute approximate surface area is 473 Å². The molecule has 0 radical (unpaired) electrons. The number of imidazole rings is 3. The molecule has 0 saturated heterocycles. The number of aliphatic hydroxyl groups excluding tert-OH is 1. The number of aliphatic carboxylic acids is 1.